The van der Waals surface area contributed by atoms with Crippen molar-refractivity contribution in [1.82, 2.24) is 14.9 Å². The minimum absolute atomic E-state index is 0.00908. The number of benzene rings is 1. The molecule has 0 aliphatic heterocycles. The summed E-state index contributed by atoms with van der Waals surface area (Å²) in [7, 11) is 3.25. The van der Waals surface area contributed by atoms with E-state index in [0.717, 1.165) is 23.5 Å². The van der Waals surface area contributed by atoms with Gasteiger partial charge in [0.25, 0.3) is 0 Å². The number of aromatic nitrogens is 2. The lowest BCUT2D eigenvalue weighted by Crippen LogP contribution is -2.38. The molecule has 1 aromatic carbocycles. The summed E-state index contributed by atoms with van der Waals surface area (Å²) in [4.78, 5) is 4.46. The van der Waals surface area contributed by atoms with E-state index in [4.69, 9.17) is 9.47 Å². The lowest BCUT2D eigenvalue weighted by atomic mass is 10.0. The summed E-state index contributed by atoms with van der Waals surface area (Å²) in [5.74, 6) is 2.19. The van der Waals surface area contributed by atoms with Gasteiger partial charge in [-0.05, 0) is 38.5 Å². The number of hydrogen-bond donors (Lipinski definition) is 1. The normalized spacial score (nSPS) is 11.2. The Bertz CT molecular complexity index is 689. The van der Waals surface area contributed by atoms with Crippen molar-refractivity contribution in [1.29, 1.82) is 0 Å². The van der Waals surface area contributed by atoms with Crippen LogP contribution >= 0.6 is 0 Å². The van der Waals surface area contributed by atoms with Crippen LogP contribution in [-0.2, 0) is 0 Å². The van der Waals surface area contributed by atoms with Gasteiger partial charge in [-0.15, -0.1) is 0 Å². The second-order valence-electron chi connectivity index (χ2n) is 6.05. The number of hydrogen-bond acceptors (Lipinski definition) is 4. The molecular weight excluding hydrogens is 290 g/mol. The fourth-order valence-electron chi connectivity index (χ4n) is 2.16. The van der Waals surface area contributed by atoms with Crippen molar-refractivity contribution in [2.24, 2.45) is 0 Å². The number of ether oxygens (including phenoxy) is 2. The third-order valence-corrected chi connectivity index (χ3v) is 3.94. The molecule has 0 radical (unpaired) electrons. The standard InChI is InChI=1S/C18H25N3O2/c1-7-18(3,4)20-13(2)21-11-15(19-12-21)14-8-9-16(22-5)17(10-14)23-6/h8-12,20H,2,7H2,1,3-6H3. The van der Waals surface area contributed by atoms with Crippen molar-refractivity contribution in [2.75, 3.05) is 14.2 Å². The Balaban J connectivity index is 2.24. The predicted octanol–water partition coefficient (Wildman–Crippen LogP) is 3.77. The van der Waals surface area contributed by atoms with Gasteiger partial charge in [0.15, 0.2) is 11.5 Å². The SMILES string of the molecule is C=C(NC(C)(C)CC)n1cnc(-c2ccc(OC)c(OC)c2)c1. The van der Waals surface area contributed by atoms with Crippen molar-refractivity contribution < 1.29 is 9.47 Å². The lowest BCUT2D eigenvalue weighted by Gasteiger charge is -2.27. The van der Waals surface area contributed by atoms with E-state index in [2.05, 4.69) is 37.7 Å². The molecule has 23 heavy (non-hydrogen) atoms. The quantitative estimate of drug-likeness (QED) is 0.845. The molecule has 0 aliphatic rings. The minimum atomic E-state index is -0.00908. The smallest absolute Gasteiger partial charge is 0.161 e. The van der Waals surface area contributed by atoms with E-state index in [1.165, 1.54) is 0 Å². The van der Waals surface area contributed by atoms with Gasteiger partial charge in [0.2, 0.25) is 0 Å². The Hall–Kier alpha value is -2.43. The monoisotopic (exact) mass is 315 g/mol. The first kappa shape index (κ1) is 16.9. The van der Waals surface area contributed by atoms with E-state index in [0.29, 0.717) is 11.5 Å². The van der Waals surface area contributed by atoms with Crippen molar-refractivity contribution in [3.63, 3.8) is 0 Å². The average Bonchev–Trinajstić information content (AvgIpc) is 3.04. The van der Waals surface area contributed by atoms with Crippen LogP contribution in [0.2, 0.25) is 0 Å². The molecule has 5 nitrogen and oxygen atoms in total. The van der Waals surface area contributed by atoms with E-state index in [9.17, 15) is 0 Å². The number of nitrogens with zero attached hydrogens (tertiary/aromatic N) is 2. The van der Waals surface area contributed by atoms with Gasteiger partial charge in [-0.3, -0.25) is 4.57 Å². The van der Waals surface area contributed by atoms with Crippen LogP contribution in [0.25, 0.3) is 17.1 Å². The van der Waals surface area contributed by atoms with Gasteiger partial charge in [0.1, 0.15) is 12.1 Å². The highest BCUT2D eigenvalue weighted by molar-refractivity contribution is 5.64. The van der Waals surface area contributed by atoms with Gasteiger partial charge in [-0.2, -0.15) is 0 Å². The summed E-state index contributed by atoms with van der Waals surface area (Å²) in [6, 6.07) is 5.75. The lowest BCUT2D eigenvalue weighted by molar-refractivity contribution is 0.355. The largest absolute Gasteiger partial charge is 0.493 e. The highest BCUT2D eigenvalue weighted by atomic mass is 16.5. The van der Waals surface area contributed by atoms with Gasteiger partial charge in [-0.25, -0.2) is 4.98 Å². The third kappa shape index (κ3) is 3.86. The van der Waals surface area contributed by atoms with E-state index in [1.54, 1.807) is 20.5 Å². The van der Waals surface area contributed by atoms with Crippen LogP contribution in [-0.4, -0.2) is 29.3 Å². The summed E-state index contributed by atoms with van der Waals surface area (Å²) < 4.78 is 12.5. The summed E-state index contributed by atoms with van der Waals surface area (Å²) in [5.41, 5.74) is 1.80. The van der Waals surface area contributed by atoms with Gasteiger partial charge < -0.3 is 14.8 Å². The fraction of sp³-hybridized carbons (Fsp3) is 0.389. The highest BCUT2D eigenvalue weighted by Gasteiger charge is 2.16. The molecule has 0 unspecified atom stereocenters. The molecule has 0 aliphatic carbocycles. The van der Waals surface area contributed by atoms with Crippen molar-refractivity contribution >= 4 is 5.82 Å². The molecule has 0 saturated carbocycles. The van der Waals surface area contributed by atoms with Crippen LogP contribution < -0.4 is 14.8 Å². The van der Waals surface area contributed by atoms with E-state index < -0.39 is 0 Å². The van der Waals surface area contributed by atoms with Gasteiger partial charge in [0, 0.05) is 17.3 Å². The topological polar surface area (TPSA) is 48.3 Å². The third-order valence-electron chi connectivity index (χ3n) is 3.94. The average molecular weight is 315 g/mol. The second-order valence-corrected chi connectivity index (χ2v) is 6.05. The maximum Gasteiger partial charge on any atom is 0.161 e. The molecule has 1 heterocycles. The number of rotatable bonds is 7. The van der Waals surface area contributed by atoms with E-state index >= 15 is 0 Å². The first-order chi connectivity index (χ1) is 10.9. The Morgan fingerprint density at radius 2 is 1.96 bits per heavy atom. The van der Waals surface area contributed by atoms with E-state index in [1.807, 2.05) is 29.0 Å². The van der Waals surface area contributed by atoms with Crippen molar-refractivity contribution in [3.8, 4) is 22.8 Å². The summed E-state index contributed by atoms with van der Waals surface area (Å²) in [5, 5.41) is 3.41. The van der Waals surface area contributed by atoms with Gasteiger partial charge in [-0.1, -0.05) is 13.5 Å². The molecule has 0 fully saturated rings. The molecule has 0 atom stereocenters. The van der Waals surface area contributed by atoms with Crippen LogP contribution in [0.1, 0.15) is 27.2 Å². The van der Waals surface area contributed by atoms with Gasteiger partial charge in [0.05, 0.1) is 19.9 Å². The number of imidazole rings is 1. The predicted molar refractivity (Wildman–Crippen MR) is 93.6 cm³/mol. The molecule has 2 aromatic rings. The molecule has 0 bridgehead atoms. The summed E-state index contributed by atoms with van der Waals surface area (Å²) >= 11 is 0. The molecule has 1 aromatic heterocycles. The van der Waals surface area contributed by atoms with Crippen LogP contribution in [0, 0.1) is 0 Å². The summed E-state index contributed by atoms with van der Waals surface area (Å²) in [6.07, 6.45) is 4.71. The Morgan fingerprint density at radius 3 is 2.57 bits per heavy atom. The zero-order valence-electron chi connectivity index (χ0n) is 14.5. The Labute approximate surface area is 137 Å². The van der Waals surface area contributed by atoms with Crippen molar-refractivity contribution in [3.05, 3.63) is 37.3 Å². The summed E-state index contributed by atoms with van der Waals surface area (Å²) in [6.45, 7) is 10.5. The molecular formula is C18H25N3O2. The number of methoxy groups -OCH3 is 2. The van der Waals surface area contributed by atoms with Crippen molar-refractivity contribution in [2.45, 2.75) is 32.7 Å². The molecule has 1 N–H and O–H groups in total. The van der Waals surface area contributed by atoms with E-state index in [-0.39, 0.29) is 5.54 Å². The zero-order chi connectivity index (χ0) is 17.0. The van der Waals surface area contributed by atoms with Crippen LogP contribution in [0.3, 0.4) is 0 Å². The van der Waals surface area contributed by atoms with Crippen LogP contribution in [0.4, 0.5) is 0 Å². The maximum atomic E-state index is 5.34. The molecule has 5 heteroatoms. The van der Waals surface area contributed by atoms with Crippen LogP contribution in [0.5, 0.6) is 11.5 Å². The Kier molecular flexibility index (Phi) is 4.98. The number of nitrogens with one attached hydrogen (secondary N) is 1. The molecule has 0 amide bonds. The Morgan fingerprint density at radius 1 is 1.26 bits per heavy atom. The second kappa shape index (κ2) is 6.77. The highest BCUT2D eigenvalue weighted by Crippen LogP contribution is 2.31. The molecule has 124 valence electrons. The molecule has 0 saturated heterocycles. The maximum absolute atomic E-state index is 5.34. The zero-order valence-corrected chi connectivity index (χ0v) is 14.5. The van der Waals surface area contributed by atoms with Gasteiger partial charge >= 0.3 is 0 Å². The minimum Gasteiger partial charge on any atom is -0.493 e. The first-order valence-corrected chi connectivity index (χ1v) is 7.64. The van der Waals surface area contributed by atoms with Crippen LogP contribution in [0.15, 0.2) is 37.3 Å². The molecule has 0 spiro atoms. The fourth-order valence-corrected chi connectivity index (χ4v) is 2.16. The first-order valence-electron chi connectivity index (χ1n) is 7.64. The molecule has 2 rings (SSSR count).